The van der Waals surface area contributed by atoms with E-state index in [0.717, 1.165) is 27.8 Å². The van der Waals surface area contributed by atoms with Crippen molar-refractivity contribution in [1.29, 1.82) is 0 Å². The van der Waals surface area contributed by atoms with Crippen LogP contribution in [0, 0.1) is 0 Å². The van der Waals surface area contributed by atoms with Crippen molar-refractivity contribution in [1.82, 2.24) is 4.57 Å². The molecular formula is C10H10BrNO. The van der Waals surface area contributed by atoms with Gasteiger partial charge in [0.2, 0.25) is 0 Å². The number of fused-ring (bicyclic) bond motifs is 1. The summed E-state index contributed by atoms with van der Waals surface area (Å²) in [4.78, 5) is 11.7. The van der Waals surface area contributed by atoms with E-state index >= 15 is 0 Å². The Morgan fingerprint density at radius 3 is 2.62 bits per heavy atom. The number of halogens is 1. The highest BCUT2D eigenvalue weighted by Gasteiger charge is 2.02. The van der Waals surface area contributed by atoms with Crippen molar-refractivity contribution in [2.24, 2.45) is 7.05 Å². The molecule has 0 fully saturated rings. The lowest BCUT2D eigenvalue weighted by Gasteiger charge is -2.04. The van der Waals surface area contributed by atoms with Crippen molar-refractivity contribution in [3.05, 3.63) is 31.5 Å². The van der Waals surface area contributed by atoms with Crippen LogP contribution in [0.25, 0.3) is 12.2 Å². The van der Waals surface area contributed by atoms with E-state index < -0.39 is 0 Å². The van der Waals surface area contributed by atoms with Crippen LogP contribution in [0.5, 0.6) is 0 Å². The van der Waals surface area contributed by atoms with Gasteiger partial charge >= 0.3 is 0 Å². The van der Waals surface area contributed by atoms with Crippen LogP contribution in [0.1, 0.15) is 12.8 Å². The SMILES string of the molecule is Cn1cc(Br)c2c(c1=O)=CCCC=2. The summed E-state index contributed by atoms with van der Waals surface area (Å²) in [5.41, 5.74) is 0.0918. The molecule has 68 valence electrons. The molecule has 1 aliphatic rings. The fourth-order valence-corrected chi connectivity index (χ4v) is 2.27. The molecule has 1 aliphatic carbocycles. The zero-order valence-corrected chi connectivity index (χ0v) is 8.97. The molecule has 0 spiro atoms. The first-order chi connectivity index (χ1) is 6.20. The lowest BCUT2D eigenvalue weighted by atomic mass is 10.1. The van der Waals surface area contributed by atoms with Crippen molar-refractivity contribution in [3.63, 3.8) is 0 Å². The van der Waals surface area contributed by atoms with E-state index in [-0.39, 0.29) is 5.56 Å². The maximum absolute atomic E-state index is 11.7. The molecule has 13 heavy (non-hydrogen) atoms. The summed E-state index contributed by atoms with van der Waals surface area (Å²) in [6.45, 7) is 0. The number of hydrogen-bond donors (Lipinski definition) is 0. The molecule has 0 amide bonds. The monoisotopic (exact) mass is 239 g/mol. The Hall–Kier alpha value is -0.830. The van der Waals surface area contributed by atoms with E-state index in [9.17, 15) is 4.79 Å². The predicted molar refractivity (Wildman–Crippen MR) is 56.8 cm³/mol. The lowest BCUT2D eigenvalue weighted by molar-refractivity contribution is 0.836. The molecule has 0 N–H and O–H groups in total. The Labute approximate surface area is 84.3 Å². The summed E-state index contributed by atoms with van der Waals surface area (Å²) >= 11 is 3.46. The second kappa shape index (κ2) is 3.14. The molecule has 0 radical (unpaired) electrons. The molecule has 1 heterocycles. The highest BCUT2D eigenvalue weighted by atomic mass is 79.9. The van der Waals surface area contributed by atoms with Crippen LogP contribution in [0.2, 0.25) is 0 Å². The molecule has 2 nitrogen and oxygen atoms in total. The molecule has 0 aromatic carbocycles. The quantitative estimate of drug-likeness (QED) is 0.647. The Morgan fingerprint density at radius 1 is 1.31 bits per heavy atom. The average molecular weight is 240 g/mol. The molecule has 1 aromatic heterocycles. The van der Waals surface area contributed by atoms with Gasteiger partial charge < -0.3 is 4.57 Å². The molecule has 0 saturated carbocycles. The Morgan fingerprint density at radius 2 is 1.92 bits per heavy atom. The van der Waals surface area contributed by atoms with Crippen LogP contribution in [0.3, 0.4) is 0 Å². The molecule has 3 heteroatoms. The van der Waals surface area contributed by atoms with E-state index in [1.807, 2.05) is 12.3 Å². The Balaban J connectivity index is 3.04. The maximum Gasteiger partial charge on any atom is 0.257 e. The zero-order chi connectivity index (χ0) is 9.42. The number of aromatic nitrogens is 1. The molecule has 0 unspecified atom stereocenters. The number of aryl methyl sites for hydroxylation is 1. The second-order valence-corrected chi connectivity index (χ2v) is 4.06. The molecule has 2 rings (SSSR count). The van der Waals surface area contributed by atoms with Crippen LogP contribution in [0.15, 0.2) is 15.5 Å². The summed E-state index contributed by atoms with van der Waals surface area (Å²) in [7, 11) is 1.77. The largest absolute Gasteiger partial charge is 0.317 e. The molecule has 1 aromatic rings. The summed E-state index contributed by atoms with van der Waals surface area (Å²) in [5.74, 6) is 0. The minimum Gasteiger partial charge on any atom is -0.317 e. The summed E-state index contributed by atoms with van der Waals surface area (Å²) in [6, 6.07) is 0. The number of nitrogens with zero attached hydrogens (tertiary/aromatic N) is 1. The third kappa shape index (κ3) is 1.37. The highest BCUT2D eigenvalue weighted by Crippen LogP contribution is 2.01. The summed E-state index contributed by atoms with van der Waals surface area (Å²) in [6.07, 6.45) is 7.94. The van der Waals surface area contributed by atoms with Gasteiger partial charge in [0.05, 0.1) is 0 Å². The summed E-state index contributed by atoms with van der Waals surface area (Å²) in [5, 5.41) is 1.89. The maximum atomic E-state index is 11.7. The van der Waals surface area contributed by atoms with Gasteiger partial charge in [-0.3, -0.25) is 4.79 Å². The van der Waals surface area contributed by atoms with Gasteiger partial charge in [0, 0.05) is 22.9 Å². The molecular weight excluding hydrogens is 230 g/mol. The number of hydrogen-bond acceptors (Lipinski definition) is 1. The van der Waals surface area contributed by atoms with Crippen LogP contribution in [0.4, 0.5) is 0 Å². The Bertz CT molecular complexity index is 513. The number of pyridine rings is 1. The van der Waals surface area contributed by atoms with E-state index in [0.29, 0.717) is 0 Å². The first kappa shape index (κ1) is 8.75. The average Bonchev–Trinajstić information content (AvgIpc) is 2.15. The third-order valence-electron chi connectivity index (χ3n) is 2.27. The van der Waals surface area contributed by atoms with E-state index in [1.165, 1.54) is 0 Å². The van der Waals surface area contributed by atoms with Gasteiger partial charge in [-0.25, -0.2) is 0 Å². The lowest BCUT2D eigenvalue weighted by Crippen LogP contribution is -2.45. The van der Waals surface area contributed by atoms with Crippen molar-refractivity contribution >= 4 is 28.1 Å². The smallest absolute Gasteiger partial charge is 0.257 e. The Kier molecular flexibility index (Phi) is 2.12. The van der Waals surface area contributed by atoms with Gasteiger partial charge in [-0.1, -0.05) is 12.2 Å². The molecule has 0 atom stereocenters. The zero-order valence-electron chi connectivity index (χ0n) is 7.38. The summed E-state index contributed by atoms with van der Waals surface area (Å²) < 4.78 is 2.61. The van der Waals surface area contributed by atoms with Crippen molar-refractivity contribution in [3.8, 4) is 0 Å². The topological polar surface area (TPSA) is 22.0 Å². The standard InChI is InChI=1S/C10H10BrNO/c1-12-6-9(11)7-4-2-3-5-8(7)10(12)13/h4-6H,2-3H2,1H3. The predicted octanol–water partition coefficient (Wildman–Crippen LogP) is 0.503. The molecule has 0 aliphatic heterocycles. The second-order valence-electron chi connectivity index (χ2n) is 3.21. The minimum atomic E-state index is 0.0918. The van der Waals surface area contributed by atoms with Gasteiger partial charge in [0.1, 0.15) is 0 Å². The highest BCUT2D eigenvalue weighted by molar-refractivity contribution is 9.10. The fraction of sp³-hybridized carbons (Fsp3) is 0.300. The molecule has 0 saturated heterocycles. The van der Waals surface area contributed by atoms with Crippen LogP contribution in [-0.2, 0) is 7.05 Å². The van der Waals surface area contributed by atoms with Crippen molar-refractivity contribution in [2.75, 3.05) is 0 Å². The fourth-order valence-electron chi connectivity index (χ4n) is 1.59. The van der Waals surface area contributed by atoms with E-state index in [2.05, 4.69) is 22.0 Å². The molecule has 0 bridgehead atoms. The van der Waals surface area contributed by atoms with Crippen molar-refractivity contribution in [2.45, 2.75) is 12.8 Å². The first-order valence-electron chi connectivity index (χ1n) is 4.25. The van der Waals surface area contributed by atoms with Crippen molar-refractivity contribution < 1.29 is 0 Å². The van der Waals surface area contributed by atoms with Gasteiger partial charge in [-0.2, -0.15) is 0 Å². The third-order valence-corrected chi connectivity index (χ3v) is 2.90. The van der Waals surface area contributed by atoms with Gasteiger partial charge in [0.15, 0.2) is 0 Å². The van der Waals surface area contributed by atoms with Gasteiger partial charge in [-0.15, -0.1) is 0 Å². The van der Waals surface area contributed by atoms with Gasteiger partial charge in [0.25, 0.3) is 5.56 Å². The minimum absolute atomic E-state index is 0.0918. The van der Waals surface area contributed by atoms with Crippen LogP contribution < -0.4 is 16.0 Å². The number of rotatable bonds is 0. The van der Waals surface area contributed by atoms with E-state index in [1.54, 1.807) is 11.6 Å². The van der Waals surface area contributed by atoms with Crippen LogP contribution in [-0.4, -0.2) is 4.57 Å². The van der Waals surface area contributed by atoms with E-state index in [4.69, 9.17) is 0 Å². The van der Waals surface area contributed by atoms with Gasteiger partial charge in [-0.05, 0) is 34.0 Å². The van der Waals surface area contributed by atoms with Crippen LogP contribution >= 0.6 is 15.9 Å². The normalized spacial score (nSPS) is 14.3. The first-order valence-corrected chi connectivity index (χ1v) is 5.05.